The number of likely N-dealkylation sites (tertiary alicyclic amines) is 1. The Hall–Kier alpha value is -2.66. The normalized spacial score (nSPS) is 31.2. The van der Waals surface area contributed by atoms with Crippen LogP contribution in [-0.2, 0) is 21.1 Å². The van der Waals surface area contributed by atoms with Crippen LogP contribution in [0.1, 0.15) is 33.1 Å². The molecule has 0 radical (unpaired) electrons. The number of rotatable bonds is 9. The Morgan fingerprint density at radius 1 is 1.26 bits per heavy atom. The number of hydrogen-bond donors (Lipinski definition) is 3. The number of aliphatic hydroxyl groups excluding tert-OH is 1. The molecule has 4 heterocycles. The van der Waals surface area contributed by atoms with Crippen LogP contribution >= 0.6 is 11.8 Å². The number of carbonyl (C=O) groups is 3. The van der Waals surface area contributed by atoms with E-state index in [1.54, 1.807) is 21.3 Å². The van der Waals surface area contributed by atoms with Crippen LogP contribution in [0.2, 0.25) is 0 Å². The van der Waals surface area contributed by atoms with Gasteiger partial charge in [0.1, 0.15) is 18.2 Å². The van der Waals surface area contributed by atoms with Gasteiger partial charge in [0.2, 0.25) is 17.7 Å². The molecule has 3 fully saturated rings. The van der Waals surface area contributed by atoms with E-state index in [9.17, 15) is 19.5 Å². The summed E-state index contributed by atoms with van der Waals surface area (Å²) >= 11 is 1.65. The number of para-hydroxylation sites is 1. The third-order valence-corrected chi connectivity index (χ3v) is 9.80. The van der Waals surface area contributed by atoms with E-state index in [1.165, 1.54) is 0 Å². The first kappa shape index (κ1) is 24.1. The standard InChI is InChI=1S/C24H32N6O4S/c1-3-9-25-21(32)18-17-12-14(2)24(35-17)19(18)23(34)29(10-6-11-31)20(24)22(33)26-13-30-16-8-5-4-7-15(16)27-28-30/h4-5,7-8,14,17-20,31H,3,6,9-13H2,1-2H3,(H,25,32)(H,26,33)/t14?,17-,18+,19+,20?,24?/m1/s1. The zero-order valence-corrected chi connectivity index (χ0v) is 20.8. The van der Waals surface area contributed by atoms with Gasteiger partial charge in [0.15, 0.2) is 0 Å². The maximum absolute atomic E-state index is 13.8. The fourth-order valence-electron chi connectivity index (χ4n) is 6.25. The molecule has 3 saturated heterocycles. The summed E-state index contributed by atoms with van der Waals surface area (Å²) in [4.78, 5) is 42.3. The Morgan fingerprint density at radius 2 is 2.06 bits per heavy atom. The van der Waals surface area contributed by atoms with Crippen molar-refractivity contribution < 1.29 is 19.5 Å². The molecule has 3 unspecified atom stereocenters. The van der Waals surface area contributed by atoms with Crippen LogP contribution in [-0.4, -0.2) is 78.5 Å². The Morgan fingerprint density at radius 3 is 2.83 bits per heavy atom. The van der Waals surface area contributed by atoms with Crippen LogP contribution in [0.15, 0.2) is 24.3 Å². The van der Waals surface area contributed by atoms with E-state index in [-0.39, 0.29) is 48.7 Å². The Kier molecular flexibility index (Phi) is 6.47. The molecule has 1 spiro atoms. The molecule has 6 atom stereocenters. The first-order valence-corrected chi connectivity index (χ1v) is 13.2. The highest BCUT2D eigenvalue weighted by Gasteiger charge is 2.75. The van der Waals surface area contributed by atoms with Crippen LogP contribution in [0.25, 0.3) is 11.0 Å². The first-order chi connectivity index (χ1) is 16.9. The van der Waals surface area contributed by atoms with Crippen molar-refractivity contribution in [3.8, 4) is 0 Å². The van der Waals surface area contributed by atoms with E-state index in [0.717, 1.165) is 23.9 Å². The highest BCUT2D eigenvalue weighted by atomic mass is 32.2. The van der Waals surface area contributed by atoms with E-state index in [0.29, 0.717) is 13.0 Å². The minimum atomic E-state index is -0.713. The smallest absolute Gasteiger partial charge is 0.245 e. The number of aliphatic hydroxyl groups is 1. The van der Waals surface area contributed by atoms with Crippen LogP contribution < -0.4 is 10.6 Å². The zero-order chi connectivity index (χ0) is 24.7. The van der Waals surface area contributed by atoms with Crippen molar-refractivity contribution in [2.45, 2.75) is 55.8 Å². The van der Waals surface area contributed by atoms with Crippen molar-refractivity contribution in [1.29, 1.82) is 0 Å². The Bertz CT molecular complexity index is 1140. The predicted molar refractivity (Wildman–Crippen MR) is 131 cm³/mol. The molecule has 1 aromatic carbocycles. The number of benzene rings is 1. The van der Waals surface area contributed by atoms with Crippen molar-refractivity contribution in [3.63, 3.8) is 0 Å². The highest BCUT2D eigenvalue weighted by molar-refractivity contribution is 8.02. The van der Waals surface area contributed by atoms with Gasteiger partial charge in [-0.2, -0.15) is 0 Å². The molecular weight excluding hydrogens is 468 g/mol. The van der Waals surface area contributed by atoms with Crippen molar-refractivity contribution in [2.24, 2.45) is 17.8 Å². The van der Waals surface area contributed by atoms with Gasteiger partial charge in [-0.25, -0.2) is 4.68 Å². The maximum Gasteiger partial charge on any atom is 0.245 e. The second-order valence-electron chi connectivity index (χ2n) is 9.73. The van der Waals surface area contributed by atoms with Gasteiger partial charge in [0, 0.05) is 24.9 Å². The van der Waals surface area contributed by atoms with Crippen molar-refractivity contribution in [2.75, 3.05) is 19.7 Å². The van der Waals surface area contributed by atoms with Crippen LogP contribution in [0.3, 0.4) is 0 Å². The second kappa shape index (κ2) is 9.42. The molecule has 188 valence electrons. The zero-order valence-electron chi connectivity index (χ0n) is 20.0. The lowest BCUT2D eigenvalue weighted by molar-refractivity contribution is -0.140. The largest absolute Gasteiger partial charge is 0.396 e. The molecule has 3 N–H and O–H groups in total. The summed E-state index contributed by atoms with van der Waals surface area (Å²) in [5.41, 5.74) is 1.54. The van der Waals surface area contributed by atoms with Gasteiger partial charge in [-0.05, 0) is 37.3 Å². The summed E-state index contributed by atoms with van der Waals surface area (Å²) in [6, 6.07) is 6.80. The van der Waals surface area contributed by atoms with Gasteiger partial charge >= 0.3 is 0 Å². The number of carbonyl (C=O) groups excluding carboxylic acids is 3. The molecule has 3 aliphatic rings. The minimum Gasteiger partial charge on any atom is -0.396 e. The molecule has 0 aliphatic carbocycles. The summed E-state index contributed by atoms with van der Waals surface area (Å²) in [6.45, 7) is 4.98. The summed E-state index contributed by atoms with van der Waals surface area (Å²) in [5.74, 6) is -1.38. The fourth-order valence-corrected chi connectivity index (χ4v) is 8.67. The molecule has 35 heavy (non-hydrogen) atoms. The van der Waals surface area contributed by atoms with Gasteiger partial charge in [-0.1, -0.05) is 31.2 Å². The second-order valence-corrected chi connectivity index (χ2v) is 11.3. The summed E-state index contributed by atoms with van der Waals surface area (Å²) < 4.78 is 0.959. The summed E-state index contributed by atoms with van der Waals surface area (Å²) in [7, 11) is 0. The molecule has 3 aliphatic heterocycles. The van der Waals surface area contributed by atoms with Crippen molar-refractivity contribution >= 4 is 40.5 Å². The predicted octanol–water partition coefficient (Wildman–Crippen LogP) is 0.751. The van der Waals surface area contributed by atoms with Gasteiger partial charge in [-0.3, -0.25) is 14.4 Å². The van der Waals surface area contributed by atoms with Crippen molar-refractivity contribution in [3.05, 3.63) is 24.3 Å². The SMILES string of the molecule is CCCNC(=O)[C@@H]1[C@H]2C(=O)N(CCCO)C(C(=O)NCn3nnc4ccccc43)C23S[C@@H]1CC3C. The third kappa shape index (κ3) is 3.70. The van der Waals surface area contributed by atoms with Crippen molar-refractivity contribution in [1.82, 2.24) is 30.5 Å². The topological polar surface area (TPSA) is 129 Å². The van der Waals surface area contributed by atoms with E-state index in [4.69, 9.17) is 0 Å². The molecule has 11 heteroatoms. The molecule has 3 amide bonds. The van der Waals surface area contributed by atoms with Gasteiger partial charge < -0.3 is 20.6 Å². The average Bonchev–Trinajstić information content (AvgIpc) is 3.57. The molecular formula is C24H32N6O4S. The molecule has 10 nitrogen and oxygen atoms in total. The quantitative estimate of drug-likeness (QED) is 0.463. The van der Waals surface area contributed by atoms with E-state index in [2.05, 4.69) is 27.9 Å². The van der Waals surface area contributed by atoms with E-state index in [1.807, 2.05) is 31.2 Å². The number of hydrogen-bond acceptors (Lipinski definition) is 7. The molecule has 2 bridgehead atoms. The molecule has 2 aromatic rings. The van der Waals surface area contributed by atoms with Gasteiger partial charge in [0.05, 0.1) is 22.1 Å². The Labute approximate surface area is 208 Å². The number of thioether (sulfide) groups is 1. The van der Waals surface area contributed by atoms with Gasteiger partial charge in [0.25, 0.3) is 0 Å². The number of nitrogens with zero attached hydrogens (tertiary/aromatic N) is 4. The molecule has 0 saturated carbocycles. The average molecular weight is 501 g/mol. The summed E-state index contributed by atoms with van der Waals surface area (Å²) in [5, 5.41) is 23.7. The van der Waals surface area contributed by atoms with Crippen LogP contribution in [0.4, 0.5) is 0 Å². The lowest BCUT2D eigenvalue weighted by Crippen LogP contribution is -2.56. The molecule has 1 aromatic heterocycles. The fraction of sp³-hybridized carbons (Fsp3) is 0.625. The highest BCUT2D eigenvalue weighted by Crippen LogP contribution is 2.68. The Balaban J connectivity index is 1.44. The monoisotopic (exact) mass is 500 g/mol. The lowest BCUT2D eigenvalue weighted by atomic mass is 9.66. The third-order valence-electron chi connectivity index (χ3n) is 7.73. The van der Waals surface area contributed by atoms with Crippen LogP contribution in [0.5, 0.6) is 0 Å². The van der Waals surface area contributed by atoms with Gasteiger partial charge in [-0.15, -0.1) is 16.9 Å². The number of aromatic nitrogens is 3. The summed E-state index contributed by atoms with van der Waals surface area (Å²) in [6.07, 6.45) is 1.99. The number of nitrogens with one attached hydrogen (secondary N) is 2. The maximum atomic E-state index is 13.8. The molecule has 5 rings (SSSR count). The first-order valence-electron chi connectivity index (χ1n) is 12.4. The van der Waals surface area contributed by atoms with E-state index < -0.39 is 22.6 Å². The van der Waals surface area contributed by atoms with E-state index >= 15 is 0 Å². The number of amides is 3. The number of fused-ring (bicyclic) bond motifs is 2. The minimum absolute atomic E-state index is 0.0188. The van der Waals surface area contributed by atoms with Crippen LogP contribution in [0, 0.1) is 17.8 Å². The lowest BCUT2D eigenvalue weighted by Gasteiger charge is -2.38.